The Bertz CT molecular complexity index is 242. The van der Waals surface area contributed by atoms with E-state index in [1.54, 1.807) is 13.8 Å². The minimum atomic E-state index is -0.745. The van der Waals surface area contributed by atoms with E-state index in [1.807, 2.05) is 0 Å². The fraction of sp³-hybridized carbons (Fsp3) is 0.600. The highest BCUT2D eigenvalue weighted by Crippen LogP contribution is 2.09. The van der Waals surface area contributed by atoms with Gasteiger partial charge in [0.1, 0.15) is 12.7 Å². The topological polar surface area (TPSA) is 76.1 Å². The van der Waals surface area contributed by atoms with Crippen molar-refractivity contribution in [1.29, 1.82) is 0 Å². The number of hydrogen-bond donors (Lipinski definition) is 1. The van der Waals surface area contributed by atoms with E-state index in [-0.39, 0.29) is 18.5 Å². The van der Waals surface area contributed by atoms with Gasteiger partial charge in [-0.3, -0.25) is 4.79 Å². The Morgan fingerprint density at radius 1 is 1.60 bits per heavy atom. The second kappa shape index (κ2) is 7.00. The molecule has 0 spiro atoms. The number of carboxylic acids is 1. The van der Waals surface area contributed by atoms with E-state index in [9.17, 15) is 9.59 Å². The molecule has 1 rings (SSSR count). The van der Waals surface area contributed by atoms with Crippen LogP contribution in [0.1, 0.15) is 20.3 Å². The quantitative estimate of drug-likeness (QED) is 0.430. The summed E-state index contributed by atoms with van der Waals surface area (Å²) in [6.45, 7) is 7.74. The van der Waals surface area contributed by atoms with E-state index >= 15 is 0 Å². The monoisotopic (exact) mass is 216 g/mol. The summed E-state index contributed by atoms with van der Waals surface area (Å²) in [6, 6.07) is 0. The predicted octanol–water partition coefficient (Wildman–Crippen LogP) is 0.985. The standard InChI is InChI=1S/C7H10O3.C3H6O2/c1-5(2)7(8)10-4-6-3-9-6;1-2-3(4)5/h6H,1,3-4H2,2H3;2H2,1H3,(H,4,5). The average Bonchev–Trinajstić information content (AvgIpc) is 2.98. The lowest BCUT2D eigenvalue weighted by Gasteiger charge is -1.99. The summed E-state index contributed by atoms with van der Waals surface area (Å²) in [5, 5.41) is 7.72. The molecule has 0 aliphatic carbocycles. The van der Waals surface area contributed by atoms with Gasteiger partial charge in [-0.1, -0.05) is 13.5 Å². The molecule has 5 nitrogen and oxygen atoms in total. The van der Waals surface area contributed by atoms with Gasteiger partial charge in [-0.15, -0.1) is 0 Å². The SMILES string of the molecule is C=C(C)C(=O)OCC1CO1.CCC(=O)O. The molecule has 1 N–H and O–H groups in total. The summed E-state index contributed by atoms with van der Waals surface area (Å²) < 4.78 is 9.60. The minimum absolute atomic E-state index is 0.142. The summed E-state index contributed by atoms with van der Waals surface area (Å²) in [6.07, 6.45) is 0.364. The number of carbonyl (C=O) groups is 2. The Kier molecular flexibility index (Phi) is 6.37. The molecule has 0 radical (unpaired) electrons. The number of epoxide rings is 1. The van der Waals surface area contributed by atoms with Crippen LogP contribution >= 0.6 is 0 Å². The molecule has 1 atom stereocenters. The van der Waals surface area contributed by atoms with Crippen molar-refractivity contribution < 1.29 is 24.2 Å². The van der Waals surface area contributed by atoms with Crippen LogP contribution in [0.2, 0.25) is 0 Å². The summed E-state index contributed by atoms with van der Waals surface area (Å²) in [5.41, 5.74) is 0.431. The van der Waals surface area contributed by atoms with Gasteiger partial charge in [0.2, 0.25) is 0 Å². The van der Waals surface area contributed by atoms with Gasteiger partial charge in [0.05, 0.1) is 6.61 Å². The van der Waals surface area contributed by atoms with Crippen LogP contribution in [-0.2, 0) is 19.1 Å². The predicted molar refractivity (Wildman–Crippen MR) is 53.4 cm³/mol. The van der Waals surface area contributed by atoms with Crippen molar-refractivity contribution in [2.24, 2.45) is 0 Å². The fourth-order valence-corrected chi connectivity index (χ4v) is 0.456. The van der Waals surface area contributed by atoms with Crippen LogP contribution < -0.4 is 0 Å². The Morgan fingerprint density at radius 2 is 2.07 bits per heavy atom. The number of carboxylic acid groups (broad SMARTS) is 1. The normalized spacial score (nSPS) is 17.1. The maximum Gasteiger partial charge on any atom is 0.333 e. The van der Waals surface area contributed by atoms with Crippen molar-refractivity contribution in [3.63, 3.8) is 0 Å². The lowest BCUT2D eigenvalue weighted by molar-refractivity contribution is -0.139. The van der Waals surface area contributed by atoms with Crippen LogP contribution in [0.4, 0.5) is 0 Å². The third kappa shape index (κ3) is 8.96. The Hall–Kier alpha value is -1.36. The zero-order chi connectivity index (χ0) is 11.8. The number of hydrogen-bond acceptors (Lipinski definition) is 4. The molecule has 0 aromatic heterocycles. The maximum absolute atomic E-state index is 10.7. The smallest absolute Gasteiger partial charge is 0.333 e. The Balaban J connectivity index is 0.000000336. The third-order valence-electron chi connectivity index (χ3n) is 1.45. The number of rotatable bonds is 4. The average molecular weight is 216 g/mol. The van der Waals surface area contributed by atoms with E-state index in [4.69, 9.17) is 14.6 Å². The van der Waals surface area contributed by atoms with Crippen LogP contribution in [0.25, 0.3) is 0 Å². The molecule has 1 unspecified atom stereocenters. The van der Waals surface area contributed by atoms with Gasteiger partial charge < -0.3 is 14.6 Å². The van der Waals surface area contributed by atoms with Gasteiger partial charge in [0.25, 0.3) is 0 Å². The van der Waals surface area contributed by atoms with Crippen LogP contribution in [0, 0.1) is 0 Å². The van der Waals surface area contributed by atoms with Crippen LogP contribution in [0.5, 0.6) is 0 Å². The molecule has 1 aliphatic rings. The molecule has 1 heterocycles. The van der Waals surface area contributed by atoms with E-state index < -0.39 is 5.97 Å². The second-order valence-corrected chi connectivity index (χ2v) is 3.08. The van der Waals surface area contributed by atoms with Crippen molar-refractivity contribution in [2.45, 2.75) is 26.4 Å². The van der Waals surface area contributed by atoms with Crippen molar-refractivity contribution in [2.75, 3.05) is 13.2 Å². The molecule has 0 aromatic carbocycles. The first kappa shape index (κ1) is 13.6. The first-order chi connectivity index (χ1) is 6.97. The molecule has 15 heavy (non-hydrogen) atoms. The molecule has 0 amide bonds. The molecule has 0 saturated carbocycles. The highest BCUT2D eigenvalue weighted by atomic mass is 16.6. The first-order valence-corrected chi connectivity index (χ1v) is 4.63. The summed E-state index contributed by atoms with van der Waals surface area (Å²) >= 11 is 0. The van der Waals surface area contributed by atoms with Gasteiger partial charge in [-0.25, -0.2) is 4.79 Å². The number of carbonyl (C=O) groups excluding carboxylic acids is 1. The van der Waals surface area contributed by atoms with E-state index in [0.29, 0.717) is 18.8 Å². The molecule has 1 fully saturated rings. The summed E-state index contributed by atoms with van der Waals surface area (Å²) in [4.78, 5) is 20.1. The molecular weight excluding hydrogens is 200 g/mol. The minimum Gasteiger partial charge on any atom is -0.481 e. The molecule has 5 heteroatoms. The largest absolute Gasteiger partial charge is 0.481 e. The summed E-state index contributed by atoms with van der Waals surface area (Å²) in [7, 11) is 0. The third-order valence-corrected chi connectivity index (χ3v) is 1.45. The van der Waals surface area contributed by atoms with Crippen LogP contribution in [-0.4, -0.2) is 36.4 Å². The summed E-state index contributed by atoms with van der Waals surface area (Å²) in [5.74, 6) is -1.08. The lowest BCUT2D eigenvalue weighted by Crippen LogP contribution is -2.09. The van der Waals surface area contributed by atoms with Crippen molar-refractivity contribution in [3.05, 3.63) is 12.2 Å². The Labute approximate surface area is 88.7 Å². The molecular formula is C10H16O5. The first-order valence-electron chi connectivity index (χ1n) is 4.63. The van der Waals surface area contributed by atoms with Gasteiger partial charge in [-0.05, 0) is 6.92 Å². The zero-order valence-electron chi connectivity index (χ0n) is 8.99. The van der Waals surface area contributed by atoms with Gasteiger partial charge in [0, 0.05) is 12.0 Å². The molecule has 86 valence electrons. The van der Waals surface area contributed by atoms with E-state index in [0.717, 1.165) is 0 Å². The van der Waals surface area contributed by atoms with Crippen molar-refractivity contribution >= 4 is 11.9 Å². The van der Waals surface area contributed by atoms with Crippen molar-refractivity contribution in [1.82, 2.24) is 0 Å². The van der Waals surface area contributed by atoms with Crippen molar-refractivity contribution in [3.8, 4) is 0 Å². The van der Waals surface area contributed by atoms with Crippen LogP contribution in [0.3, 0.4) is 0 Å². The van der Waals surface area contributed by atoms with Gasteiger partial charge in [0.15, 0.2) is 0 Å². The molecule has 0 aromatic rings. The van der Waals surface area contributed by atoms with Gasteiger partial charge >= 0.3 is 11.9 Å². The number of aliphatic carboxylic acids is 1. The number of ether oxygens (including phenoxy) is 2. The maximum atomic E-state index is 10.7. The van der Waals surface area contributed by atoms with Gasteiger partial charge in [-0.2, -0.15) is 0 Å². The lowest BCUT2D eigenvalue weighted by atomic mass is 10.4. The highest BCUT2D eigenvalue weighted by Gasteiger charge is 2.24. The van der Waals surface area contributed by atoms with E-state index in [1.165, 1.54) is 0 Å². The Morgan fingerprint density at radius 3 is 2.33 bits per heavy atom. The highest BCUT2D eigenvalue weighted by molar-refractivity contribution is 5.86. The molecule has 0 bridgehead atoms. The van der Waals surface area contributed by atoms with Crippen LogP contribution in [0.15, 0.2) is 12.2 Å². The molecule has 1 aliphatic heterocycles. The fourth-order valence-electron chi connectivity index (χ4n) is 0.456. The second-order valence-electron chi connectivity index (χ2n) is 3.08. The zero-order valence-corrected chi connectivity index (χ0v) is 8.99. The van der Waals surface area contributed by atoms with E-state index in [2.05, 4.69) is 6.58 Å². The number of esters is 1. The molecule has 1 saturated heterocycles.